The standard InChI is InChI=1S/C83H162O17P2/c1-8-10-11-12-40-50-57-64-80(85)93-70-78(99-82(87)67-60-53-46-39-33-27-21-23-29-35-42-48-55-62-75(5)6)72-97-101(89,90)95-68-77(84)69-96-102(91,92)98-73-79(71-94-81(86)65-58-51-44-37-31-25-20-19-24-30-36-43-49-56-63-76(7)9-2)100-83(88)66-59-52-45-38-32-26-18-16-14-13-15-17-22-28-34-41-47-54-61-74(3)4/h74-79,84H,8-73H2,1-7H3,(H,89,90)(H,91,92)/t76?,77-,78+,79+/m0/s1. The fourth-order valence-corrected chi connectivity index (χ4v) is 14.4. The summed E-state index contributed by atoms with van der Waals surface area (Å²) in [6, 6.07) is 0. The lowest BCUT2D eigenvalue weighted by molar-refractivity contribution is -0.161. The van der Waals surface area contributed by atoms with Crippen molar-refractivity contribution < 1.29 is 80.2 Å². The summed E-state index contributed by atoms with van der Waals surface area (Å²) in [6.45, 7) is 12.0. The molecule has 3 unspecified atom stereocenters. The molecule has 0 aromatic carbocycles. The molecule has 0 saturated heterocycles. The third-order valence-electron chi connectivity index (χ3n) is 19.7. The van der Waals surface area contributed by atoms with E-state index in [0.717, 1.165) is 120 Å². The van der Waals surface area contributed by atoms with Gasteiger partial charge in [-0.1, -0.05) is 382 Å². The van der Waals surface area contributed by atoms with E-state index in [-0.39, 0.29) is 25.7 Å². The van der Waals surface area contributed by atoms with Gasteiger partial charge in [0.15, 0.2) is 12.2 Å². The van der Waals surface area contributed by atoms with Crippen molar-refractivity contribution >= 4 is 39.5 Å². The van der Waals surface area contributed by atoms with Gasteiger partial charge in [-0.25, -0.2) is 9.13 Å². The summed E-state index contributed by atoms with van der Waals surface area (Å²) in [5.41, 5.74) is 0. The van der Waals surface area contributed by atoms with Crippen molar-refractivity contribution in [1.29, 1.82) is 0 Å². The van der Waals surface area contributed by atoms with E-state index in [4.69, 9.17) is 37.0 Å². The second-order valence-electron chi connectivity index (χ2n) is 31.1. The van der Waals surface area contributed by atoms with Crippen molar-refractivity contribution in [3.05, 3.63) is 0 Å². The molecule has 102 heavy (non-hydrogen) atoms. The summed E-state index contributed by atoms with van der Waals surface area (Å²) in [4.78, 5) is 73.0. The molecule has 0 spiro atoms. The highest BCUT2D eigenvalue weighted by atomic mass is 31.2. The SMILES string of the molecule is CCCCCCCCCC(=O)OC[C@H](COP(=O)(O)OC[C@H](O)COP(=O)(O)OC[C@@H](COC(=O)CCCCCCCCCCCCCCCCC(C)CC)OC(=O)CCCCCCCCCCCCCCCCCCCCC(C)C)OC(=O)CCCCCCCCCCCCCCCC(C)C. The zero-order valence-electron chi connectivity index (χ0n) is 67.1. The number of hydrogen-bond acceptors (Lipinski definition) is 15. The zero-order chi connectivity index (χ0) is 75.1. The number of rotatable bonds is 81. The van der Waals surface area contributed by atoms with Crippen LogP contribution in [0.2, 0.25) is 0 Å². The molecule has 0 aromatic rings. The van der Waals surface area contributed by atoms with Crippen LogP contribution in [0.5, 0.6) is 0 Å². The van der Waals surface area contributed by atoms with Crippen molar-refractivity contribution in [2.24, 2.45) is 17.8 Å². The van der Waals surface area contributed by atoms with Crippen molar-refractivity contribution in [3.8, 4) is 0 Å². The Morgan fingerprint density at radius 3 is 0.745 bits per heavy atom. The minimum Gasteiger partial charge on any atom is -0.462 e. The molecule has 19 heteroatoms. The van der Waals surface area contributed by atoms with Gasteiger partial charge in [0.25, 0.3) is 0 Å². The quantitative estimate of drug-likeness (QED) is 0.0222. The molecule has 0 rings (SSSR count). The summed E-state index contributed by atoms with van der Waals surface area (Å²) in [6.07, 6.45) is 62.6. The molecule has 0 saturated carbocycles. The first-order chi connectivity index (χ1) is 49.3. The van der Waals surface area contributed by atoms with Crippen LogP contribution in [0.15, 0.2) is 0 Å². The molecule has 0 heterocycles. The number of carbonyl (C=O) groups excluding carboxylic acids is 4. The van der Waals surface area contributed by atoms with Crippen LogP contribution >= 0.6 is 15.6 Å². The number of unbranched alkanes of at least 4 members (excludes halogenated alkanes) is 48. The van der Waals surface area contributed by atoms with Crippen molar-refractivity contribution in [2.45, 2.75) is 452 Å². The lowest BCUT2D eigenvalue weighted by Crippen LogP contribution is -2.30. The highest BCUT2D eigenvalue weighted by Gasteiger charge is 2.30. The van der Waals surface area contributed by atoms with Gasteiger partial charge in [-0.05, 0) is 43.4 Å². The lowest BCUT2D eigenvalue weighted by atomic mass is 9.99. The van der Waals surface area contributed by atoms with Crippen LogP contribution in [-0.4, -0.2) is 96.7 Å². The Hall–Kier alpha value is -1.94. The third kappa shape index (κ3) is 74.9. The third-order valence-corrected chi connectivity index (χ3v) is 21.6. The molecule has 606 valence electrons. The Morgan fingerprint density at radius 2 is 0.500 bits per heavy atom. The summed E-state index contributed by atoms with van der Waals surface area (Å²) >= 11 is 0. The number of aliphatic hydroxyl groups is 1. The van der Waals surface area contributed by atoms with Crippen LogP contribution in [-0.2, 0) is 65.4 Å². The second-order valence-corrected chi connectivity index (χ2v) is 34.0. The molecule has 0 bridgehead atoms. The molecular formula is C83H162O17P2. The average Bonchev–Trinajstić information content (AvgIpc) is 0.916. The molecule has 3 N–H and O–H groups in total. The van der Waals surface area contributed by atoms with Crippen LogP contribution in [0.3, 0.4) is 0 Å². The monoisotopic (exact) mass is 1490 g/mol. The maximum absolute atomic E-state index is 13.1. The minimum absolute atomic E-state index is 0.107. The number of ether oxygens (including phenoxy) is 4. The van der Waals surface area contributed by atoms with Crippen LogP contribution in [0.1, 0.15) is 434 Å². The van der Waals surface area contributed by atoms with Gasteiger partial charge in [0.05, 0.1) is 26.4 Å². The number of phosphoric acid groups is 2. The van der Waals surface area contributed by atoms with Crippen molar-refractivity contribution in [2.75, 3.05) is 39.6 Å². The first kappa shape index (κ1) is 100. The van der Waals surface area contributed by atoms with E-state index in [1.165, 1.54) is 231 Å². The number of carbonyl (C=O) groups is 4. The summed E-state index contributed by atoms with van der Waals surface area (Å²) in [7, 11) is -9.92. The van der Waals surface area contributed by atoms with Gasteiger partial charge in [-0.15, -0.1) is 0 Å². The van der Waals surface area contributed by atoms with Gasteiger partial charge >= 0.3 is 39.5 Å². The van der Waals surface area contributed by atoms with Crippen LogP contribution in [0.25, 0.3) is 0 Å². The molecule has 0 aromatic heterocycles. The highest BCUT2D eigenvalue weighted by Crippen LogP contribution is 2.45. The fraction of sp³-hybridized carbons (Fsp3) is 0.952. The molecule has 17 nitrogen and oxygen atoms in total. The number of phosphoric ester groups is 2. The Morgan fingerprint density at radius 1 is 0.284 bits per heavy atom. The number of aliphatic hydroxyl groups excluding tert-OH is 1. The molecule has 6 atom stereocenters. The predicted molar refractivity (Wildman–Crippen MR) is 418 cm³/mol. The first-order valence-electron chi connectivity index (χ1n) is 42.9. The Labute approximate surface area is 626 Å². The lowest BCUT2D eigenvalue weighted by Gasteiger charge is -2.21. The molecule has 0 fully saturated rings. The molecular weight excluding hydrogens is 1330 g/mol. The largest absolute Gasteiger partial charge is 0.472 e. The maximum Gasteiger partial charge on any atom is 0.472 e. The Bertz CT molecular complexity index is 1980. The van der Waals surface area contributed by atoms with Crippen LogP contribution in [0, 0.1) is 17.8 Å². The molecule has 0 aliphatic rings. The van der Waals surface area contributed by atoms with E-state index in [2.05, 4.69) is 48.5 Å². The van der Waals surface area contributed by atoms with Crippen molar-refractivity contribution in [1.82, 2.24) is 0 Å². The molecule has 0 amide bonds. The average molecular weight is 1490 g/mol. The fourth-order valence-electron chi connectivity index (χ4n) is 12.8. The Balaban J connectivity index is 5.18. The van der Waals surface area contributed by atoms with Gasteiger partial charge in [0, 0.05) is 25.7 Å². The van der Waals surface area contributed by atoms with E-state index in [9.17, 15) is 43.2 Å². The van der Waals surface area contributed by atoms with E-state index in [1.807, 2.05) is 0 Å². The first-order valence-corrected chi connectivity index (χ1v) is 45.9. The zero-order valence-corrected chi connectivity index (χ0v) is 68.9. The number of hydrogen-bond donors (Lipinski definition) is 3. The number of esters is 4. The van der Waals surface area contributed by atoms with Gasteiger partial charge in [0.2, 0.25) is 0 Å². The summed E-state index contributed by atoms with van der Waals surface area (Å²) in [5.74, 6) is 0.344. The molecule has 0 radical (unpaired) electrons. The topological polar surface area (TPSA) is 237 Å². The normalized spacial score (nSPS) is 14.2. The summed E-state index contributed by atoms with van der Waals surface area (Å²) in [5, 5.41) is 10.6. The van der Waals surface area contributed by atoms with Gasteiger partial charge in [0.1, 0.15) is 19.3 Å². The second kappa shape index (κ2) is 73.2. The Kier molecular flexibility index (Phi) is 71.8. The van der Waals surface area contributed by atoms with E-state index in [1.54, 1.807) is 0 Å². The smallest absolute Gasteiger partial charge is 0.462 e. The van der Waals surface area contributed by atoms with Crippen LogP contribution in [0.4, 0.5) is 0 Å². The van der Waals surface area contributed by atoms with Gasteiger partial charge < -0.3 is 33.8 Å². The maximum atomic E-state index is 13.1. The van der Waals surface area contributed by atoms with E-state index >= 15 is 0 Å². The van der Waals surface area contributed by atoms with Crippen LogP contribution < -0.4 is 0 Å². The van der Waals surface area contributed by atoms with Crippen molar-refractivity contribution in [3.63, 3.8) is 0 Å². The molecule has 0 aliphatic heterocycles. The van der Waals surface area contributed by atoms with Gasteiger partial charge in [-0.3, -0.25) is 37.3 Å². The van der Waals surface area contributed by atoms with Gasteiger partial charge in [-0.2, -0.15) is 0 Å². The van der Waals surface area contributed by atoms with E-state index < -0.39 is 97.5 Å². The van der Waals surface area contributed by atoms with E-state index in [0.29, 0.717) is 25.7 Å². The minimum atomic E-state index is -4.96. The predicted octanol–water partition coefficient (Wildman–Crippen LogP) is 24.9. The highest BCUT2D eigenvalue weighted by molar-refractivity contribution is 7.47. The summed E-state index contributed by atoms with van der Waals surface area (Å²) < 4.78 is 68.7. The molecule has 0 aliphatic carbocycles.